The normalized spacial score (nSPS) is 13.6. The summed E-state index contributed by atoms with van der Waals surface area (Å²) in [4.78, 5) is 37.2. The number of fused-ring (bicyclic) bond motifs is 1. The third-order valence-electron chi connectivity index (χ3n) is 5.55. The van der Waals surface area contributed by atoms with Gasteiger partial charge in [0.05, 0.1) is 16.8 Å². The molecule has 1 aromatic heterocycles. The summed E-state index contributed by atoms with van der Waals surface area (Å²) in [5.74, 6) is -2.07. The van der Waals surface area contributed by atoms with E-state index >= 15 is 0 Å². The maximum atomic E-state index is 13.8. The molecule has 35 heavy (non-hydrogen) atoms. The summed E-state index contributed by atoms with van der Waals surface area (Å²) in [5, 5.41) is 8.54. The first-order chi connectivity index (χ1) is 16.6. The molecule has 0 fully saturated rings. The highest BCUT2D eigenvalue weighted by Gasteiger charge is 2.34. The van der Waals surface area contributed by atoms with Crippen molar-refractivity contribution in [3.8, 4) is 0 Å². The number of anilines is 2. The molecule has 8 nitrogen and oxygen atoms in total. The van der Waals surface area contributed by atoms with Crippen LogP contribution in [0, 0.1) is 5.82 Å². The number of carbonyl (C=O) groups is 2. The molecule has 0 aliphatic carbocycles. The smallest absolute Gasteiger partial charge is 0.324 e. The summed E-state index contributed by atoms with van der Waals surface area (Å²) in [6.07, 6.45) is -1.66. The van der Waals surface area contributed by atoms with Crippen molar-refractivity contribution in [3.05, 3.63) is 75.7 Å². The van der Waals surface area contributed by atoms with E-state index in [9.17, 15) is 31.9 Å². The minimum Gasteiger partial charge on any atom is -0.324 e. The molecule has 0 spiro atoms. The highest BCUT2D eigenvalue weighted by molar-refractivity contribution is 6.04. The zero-order valence-electron chi connectivity index (χ0n) is 18.4. The molecule has 0 saturated carbocycles. The number of benzene rings is 2. The molecule has 0 atom stereocenters. The second-order valence-corrected chi connectivity index (χ2v) is 8.06. The number of aromatic nitrogens is 3. The lowest BCUT2D eigenvalue weighted by Crippen LogP contribution is -2.30. The summed E-state index contributed by atoms with van der Waals surface area (Å²) >= 11 is 0. The average molecular weight is 491 g/mol. The number of aryl methyl sites for hydroxylation is 1. The fraction of sp³-hybridized carbons (Fsp3) is 0.304. The number of halogens is 4. The summed E-state index contributed by atoms with van der Waals surface area (Å²) in [5.41, 5.74) is -2.83. The third kappa shape index (κ3) is 5.42. The van der Waals surface area contributed by atoms with Gasteiger partial charge in [0.15, 0.2) is 0 Å². The number of hydrogen-bond acceptors (Lipinski definition) is 4. The Bertz CT molecular complexity index is 1330. The van der Waals surface area contributed by atoms with Crippen LogP contribution in [-0.4, -0.2) is 26.2 Å². The predicted molar refractivity (Wildman–Crippen MR) is 118 cm³/mol. The van der Waals surface area contributed by atoms with Gasteiger partial charge in [0.1, 0.15) is 18.2 Å². The number of nitrogens with zero attached hydrogens (tertiary/aromatic N) is 3. The summed E-state index contributed by atoms with van der Waals surface area (Å²) in [6.45, 7) is -0.0734. The summed E-state index contributed by atoms with van der Waals surface area (Å²) in [7, 11) is 0. The lowest BCUT2D eigenvalue weighted by molar-refractivity contribution is -0.136. The van der Waals surface area contributed by atoms with Crippen LogP contribution in [0.2, 0.25) is 0 Å². The molecule has 3 aromatic rings. The summed E-state index contributed by atoms with van der Waals surface area (Å²) in [6, 6.07) is 7.80. The average Bonchev–Trinajstić information content (AvgIpc) is 2.95. The van der Waals surface area contributed by atoms with Crippen molar-refractivity contribution in [1.82, 2.24) is 14.3 Å². The van der Waals surface area contributed by atoms with E-state index in [0.717, 1.165) is 42.1 Å². The Morgan fingerprint density at radius 3 is 2.54 bits per heavy atom. The molecule has 2 heterocycles. The molecule has 2 N–H and O–H groups in total. The molecule has 2 aromatic carbocycles. The Labute approximate surface area is 196 Å². The SMILES string of the molecule is O=C(Cn1nc2n(c1=O)CCCCC2)Nc1ccc(NC(=O)c2ccccc2F)cc1C(F)(F)F. The fourth-order valence-corrected chi connectivity index (χ4v) is 3.86. The van der Waals surface area contributed by atoms with E-state index in [1.165, 1.54) is 22.8 Å². The van der Waals surface area contributed by atoms with Gasteiger partial charge in [-0.15, -0.1) is 0 Å². The van der Waals surface area contributed by atoms with Gasteiger partial charge < -0.3 is 10.6 Å². The first kappa shape index (κ1) is 24.2. The van der Waals surface area contributed by atoms with E-state index < -0.39 is 47.3 Å². The number of carbonyl (C=O) groups excluding carboxylic acids is 2. The zero-order valence-corrected chi connectivity index (χ0v) is 18.4. The minimum absolute atomic E-state index is 0.238. The van der Waals surface area contributed by atoms with Crippen molar-refractivity contribution < 1.29 is 27.2 Å². The largest absolute Gasteiger partial charge is 0.418 e. The molecule has 4 rings (SSSR count). The minimum atomic E-state index is -4.87. The van der Waals surface area contributed by atoms with Crippen molar-refractivity contribution >= 4 is 23.2 Å². The predicted octanol–water partition coefficient (Wildman–Crippen LogP) is 3.82. The monoisotopic (exact) mass is 491 g/mol. The molecular weight excluding hydrogens is 470 g/mol. The van der Waals surface area contributed by atoms with Crippen LogP contribution in [0.15, 0.2) is 47.3 Å². The quantitative estimate of drug-likeness (QED) is 0.531. The summed E-state index contributed by atoms with van der Waals surface area (Å²) < 4.78 is 57.3. The molecular formula is C23H21F4N5O3. The highest BCUT2D eigenvalue weighted by atomic mass is 19.4. The van der Waals surface area contributed by atoms with Crippen molar-refractivity contribution in [2.75, 3.05) is 10.6 Å². The maximum Gasteiger partial charge on any atom is 0.418 e. The van der Waals surface area contributed by atoms with Crippen LogP contribution >= 0.6 is 0 Å². The zero-order chi connectivity index (χ0) is 25.2. The molecule has 1 aliphatic rings. The Hall–Kier alpha value is -3.96. The number of rotatable bonds is 5. The molecule has 0 radical (unpaired) electrons. The molecule has 0 bridgehead atoms. The van der Waals surface area contributed by atoms with Gasteiger partial charge in [-0.3, -0.25) is 14.2 Å². The Morgan fingerprint density at radius 1 is 1.03 bits per heavy atom. The van der Waals surface area contributed by atoms with Crippen LogP contribution in [0.3, 0.4) is 0 Å². The van der Waals surface area contributed by atoms with Crippen LogP contribution in [0.4, 0.5) is 28.9 Å². The van der Waals surface area contributed by atoms with Gasteiger partial charge in [-0.2, -0.15) is 18.3 Å². The van der Waals surface area contributed by atoms with Crippen LogP contribution in [0.25, 0.3) is 0 Å². The van der Waals surface area contributed by atoms with E-state index in [4.69, 9.17) is 0 Å². The van der Waals surface area contributed by atoms with Crippen LogP contribution in [0.5, 0.6) is 0 Å². The van der Waals surface area contributed by atoms with Crippen molar-refractivity contribution in [2.24, 2.45) is 0 Å². The van der Waals surface area contributed by atoms with Gasteiger partial charge >= 0.3 is 11.9 Å². The Morgan fingerprint density at radius 2 is 1.80 bits per heavy atom. The molecule has 184 valence electrons. The number of alkyl halides is 3. The lowest BCUT2D eigenvalue weighted by atomic mass is 10.1. The molecule has 1 aliphatic heterocycles. The molecule has 2 amide bonds. The molecule has 0 saturated heterocycles. The van der Waals surface area contributed by atoms with E-state index in [0.29, 0.717) is 24.9 Å². The van der Waals surface area contributed by atoms with Crippen LogP contribution in [-0.2, 0) is 30.5 Å². The van der Waals surface area contributed by atoms with E-state index in [1.54, 1.807) is 0 Å². The van der Waals surface area contributed by atoms with E-state index in [2.05, 4.69) is 15.7 Å². The first-order valence-electron chi connectivity index (χ1n) is 10.9. The Balaban J connectivity index is 1.52. The second-order valence-electron chi connectivity index (χ2n) is 8.06. The van der Waals surface area contributed by atoms with Gasteiger partial charge in [-0.1, -0.05) is 18.6 Å². The molecule has 0 unspecified atom stereocenters. The van der Waals surface area contributed by atoms with Crippen molar-refractivity contribution in [1.29, 1.82) is 0 Å². The first-order valence-corrected chi connectivity index (χ1v) is 10.9. The number of hydrogen-bond donors (Lipinski definition) is 2. The Kier molecular flexibility index (Phi) is 6.72. The second kappa shape index (κ2) is 9.72. The van der Waals surface area contributed by atoms with E-state index in [1.807, 2.05) is 0 Å². The van der Waals surface area contributed by atoms with Gasteiger partial charge in [-0.25, -0.2) is 13.9 Å². The van der Waals surface area contributed by atoms with Gasteiger partial charge in [0, 0.05) is 18.7 Å². The van der Waals surface area contributed by atoms with Crippen molar-refractivity contribution in [3.63, 3.8) is 0 Å². The number of amides is 2. The van der Waals surface area contributed by atoms with E-state index in [-0.39, 0.29) is 11.3 Å². The van der Waals surface area contributed by atoms with Crippen molar-refractivity contribution in [2.45, 2.75) is 44.9 Å². The van der Waals surface area contributed by atoms with Gasteiger partial charge in [0.25, 0.3) is 5.91 Å². The standard InChI is InChI=1S/C23H21F4N5O3/c24-17-7-4-3-6-15(17)21(34)28-14-9-10-18(16(12-14)23(25,26)27)29-20(33)13-32-22(35)31-11-5-1-2-8-19(31)30-32/h3-4,6-7,9-10,12H,1-2,5,8,11,13H2,(H,28,34)(H,29,33). The van der Waals surface area contributed by atoms with Crippen LogP contribution < -0.4 is 16.3 Å². The fourth-order valence-electron chi connectivity index (χ4n) is 3.86. The highest BCUT2D eigenvalue weighted by Crippen LogP contribution is 2.36. The maximum absolute atomic E-state index is 13.8. The van der Waals surface area contributed by atoms with Crippen LogP contribution in [0.1, 0.15) is 41.0 Å². The third-order valence-corrected chi connectivity index (χ3v) is 5.55. The molecule has 12 heteroatoms. The van der Waals surface area contributed by atoms with Gasteiger partial charge in [0.2, 0.25) is 5.91 Å². The van der Waals surface area contributed by atoms with Gasteiger partial charge in [-0.05, 0) is 43.2 Å². The topological polar surface area (TPSA) is 98.0 Å². The lowest BCUT2D eigenvalue weighted by Gasteiger charge is -2.16. The number of nitrogens with one attached hydrogen (secondary N) is 2.